The summed E-state index contributed by atoms with van der Waals surface area (Å²) < 4.78 is 0. The molecule has 0 fully saturated rings. The molecule has 1 rings (SSSR count). The number of carbonyl (C=O) groups is 1. The van der Waals surface area contributed by atoms with E-state index >= 15 is 0 Å². The maximum atomic E-state index is 10.3. The van der Waals surface area contributed by atoms with Crippen molar-refractivity contribution >= 4 is 32.8 Å². The van der Waals surface area contributed by atoms with Crippen molar-refractivity contribution in [1.29, 1.82) is 0 Å². The Bertz CT molecular complexity index is 317. The maximum Gasteiger partial charge on any atom is 0.339 e. The smallest absolute Gasteiger partial charge is 0.339 e. The van der Waals surface area contributed by atoms with E-state index in [0.717, 1.165) is 0 Å². The average Bonchev–Trinajstić information content (AvgIpc) is 2.19. The van der Waals surface area contributed by atoms with Gasteiger partial charge < -0.3 is 15.0 Å². The zero-order valence-corrected chi connectivity index (χ0v) is 13.4. The monoisotopic (exact) mass is 260 g/mol. The molecule has 0 aliphatic rings. The predicted octanol–water partition coefficient (Wildman–Crippen LogP) is -1.63. The highest BCUT2D eigenvalue weighted by molar-refractivity contribution is 7.28. The first-order chi connectivity index (χ1) is 6.99. The van der Waals surface area contributed by atoms with Gasteiger partial charge in [0.05, 0.1) is 0 Å². The Morgan fingerprint density at radius 1 is 1.47 bits per heavy atom. The summed E-state index contributed by atoms with van der Waals surface area (Å²) in [4.78, 5) is 18.9. The second kappa shape index (κ2) is 7.40. The molecule has 0 saturated heterocycles. The summed E-state index contributed by atoms with van der Waals surface area (Å²) in [7, 11) is 0.557. The van der Waals surface area contributed by atoms with Crippen molar-refractivity contribution in [2.24, 2.45) is 0 Å². The molecule has 0 saturated carbocycles. The second-order valence-corrected chi connectivity index (χ2v) is 18.9. The van der Waals surface area contributed by atoms with Gasteiger partial charge in [0.1, 0.15) is 19.9 Å². The fourth-order valence-corrected chi connectivity index (χ4v) is 0.654. The van der Waals surface area contributed by atoms with Gasteiger partial charge >= 0.3 is 5.97 Å². The van der Waals surface area contributed by atoms with E-state index in [1.807, 2.05) is 6.55 Å². The lowest BCUT2D eigenvalue weighted by Crippen LogP contribution is -2.16. The van der Waals surface area contributed by atoms with Crippen LogP contribution in [-0.2, 0) is 0 Å². The van der Waals surface area contributed by atoms with Crippen LogP contribution in [0.3, 0.4) is 0 Å². The number of carboxylic acids is 1. The van der Waals surface area contributed by atoms with Crippen molar-refractivity contribution in [1.82, 2.24) is 0 Å². The van der Waals surface area contributed by atoms with Crippen LogP contribution in [0.4, 0.5) is 0 Å². The lowest BCUT2D eigenvalue weighted by Gasteiger charge is -1.95. The standard InChI is InChI=1S/C7H6O3.CH10OSi3/c8-6-4-2-1-3-5(6)7(9)10;1-5(2)4-3/h1-4,8H,(H,9,10);2,5H,4H2,1,3H3. The van der Waals surface area contributed by atoms with E-state index in [4.69, 9.17) is 15.0 Å². The number of rotatable bonds is 2. The third-order valence-corrected chi connectivity index (χ3v) is 17.1. The largest absolute Gasteiger partial charge is 0.507 e. The van der Waals surface area contributed by atoms with Gasteiger partial charge in [-0.15, -0.1) is 0 Å². The van der Waals surface area contributed by atoms with Crippen molar-refractivity contribution < 1.29 is 19.8 Å². The van der Waals surface area contributed by atoms with Gasteiger partial charge in [0.2, 0.25) is 0 Å². The Hall–Kier alpha value is -0.899. The predicted molar refractivity (Wildman–Crippen MR) is 68.8 cm³/mol. The molecule has 1 aromatic carbocycles. The van der Waals surface area contributed by atoms with E-state index in [-0.39, 0.29) is 19.9 Å². The van der Waals surface area contributed by atoms with E-state index in [2.05, 4.69) is 0 Å². The van der Waals surface area contributed by atoms with Gasteiger partial charge in [0, 0.05) is 8.55 Å². The van der Waals surface area contributed by atoms with Crippen LogP contribution in [0.5, 0.6) is 5.75 Å². The van der Waals surface area contributed by atoms with Gasteiger partial charge in [0.25, 0.3) is 0 Å². The van der Waals surface area contributed by atoms with E-state index < -0.39 is 14.5 Å². The maximum absolute atomic E-state index is 10.3. The highest BCUT2D eigenvalue weighted by atomic mass is 29.5. The number of aromatic carboxylic acids is 1. The first-order valence-corrected chi connectivity index (χ1v) is 15.3. The highest BCUT2D eigenvalue weighted by Crippen LogP contribution is 2.14. The third-order valence-electron chi connectivity index (χ3n) is 1.73. The molecule has 4 nitrogen and oxygen atoms in total. The molecule has 1 aromatic rings. The molecule has 1 atom stereocenters. The van der Waals surface area contributed by atoms with Gasteiger partial charge in [-0.05, 0) is 21.9 Å². The topological polar surface area (TPSA) is 77.8 Å². The van der Waals surface area contributed by atoms with Crippen LogP contribution in [0.1, 0.15) is 10.4 Å². The number of para-hydroxylation sites is 1. The van der Waals surface area contributed by atoms with Gasteiger partial charge in [-0.2, -0.15) is 0 Å². The molecule has 0 spiro atoms. The number of aromatic hydroxyl groups is 1. The lowest BCUT2D eigenvalue weighted by atomic mass is 10.2. The summed E-state index contributed by atoms with van der Waals surface area (Å²) in [6, 6.07) is 5.81. The van der Waals surface area contributed by atoms with E-state index in [9.17, 15) is 4.79 Å². The number of phenols is 1. The minimum atomic E-state index is -1.11. The Labute approximate surface area is 95.1 Å². The molecular formula is C8H16O4Si3. The van der Waals surface area contributed by atoms with Crippen LogP contribution < -0.4 is 0 Å². The summed E-state index contributed by atoms with van der Waals surface area (Å²) >= 11 is 0. The first-order valence-electron chi connectivity index (χ1n) is 4.68. The van der Waals surface area contributed by atoms with Crippen LogP contribution in [0, 0.1) is 0 Å². The highest BCUT2D eigenvalue weighted by Gasteiger charge is 2.05. The molecule has 84 valence electrons. The summed E-state index contributed by atoms with van der Waals surface area (Å²) in [5.41, 5.74) is -0.0671. The number of carboxylic acid groups (broad SMARTS) is 1. The van der Waals surface area contributed by atoms with Crippen molar-refractivity contribution in [3.05, 3.63) is 29.8 Å². The van der Waals surface area contributed by atoms with Crippen LogP contribution in [0.2, 0.25) is 6.55 Å². The fourth-order valence-electron chi connectivity index (χ4n) is 0.654. The normalized spacial score (nSPS) is 12.1. The zero-order valence-electron chi connectivity index (χ0n) is 8.84. The molecule has 0 aliphatic carbocycles. The molecule has 0 aromatic heterocycles. The Morgan fingerprint density at radius 3 is 2.20 bits per heavy atom. The van der Waals surface area contributed by atoms with E-state index in [1.54, 1.807) is 12.1 Å². The molecule has 0 heterocycles. The lowest BCUT2D eigenvalue weighted by molar-refractivity contribution is 0.0693. The van der Waals surface area contributed by atoms with Crippen LogP contribution in [-0.4, -0.2) is 47.9 Å². The number of hydrogen-bond donors (Lipinski definition) is 3. The minimum absolute atomic E-state index is 0.0671. The first kappa shape index (κ1) is 14.1. The third kappa shape index (κ3) is 6.23. The molecule has 0 amide bonds. The molecule has 0 aliphatic heterocycles. The Balaban J connectivity index is 0.000000336. The van der Waals surface area contributed by atoms with Gasteiger partial charge in [0.15, 0.2) is 0 Å². The number of benzene rings is 1. The minimum Gasteiger partial charge on any atom is -0.507 e. The molecule has 15 heavy (non-hydrogen) atoms. The second-order valence-electron chi connectivity index (χ2n) is 3.08. The van der Waals surface area contributed by atoms with Crippen molar-refractivity contribution in [2.45, 2.75) is 6.55 Å². The van der Waals surface area contributed by atoms with Gasteiger partial charge in [-0.1, -0.05) is 18.7 Å². The van der Waals surface area contributed by atoms with Crippen LogP contribution >= 0.6 is 0 Å². The van der Waals surface area contributed by atoms with Crippen molar-refractivity contribution in [3.63, 3.8) is 0 Å². The SMILES string of the molecule is C[SiH](O)[SiH2][SiH3].O=C(O)c1ccccc1O. The average molecular weight is 260 g/mol. The van der Waals surface area contributed by atoms with Crippen molar-refractivity contribution in [2.75, 3.05) is 0 Å². The van der Waals surface area contributed by atoms with Crippen LogP contribution in [0.25, 0.3) is 0 Å². The fraction of sp³-hybridized carbons (Fsp3) is 0.125. The van der Waals surface area contributed by atoms with Gasteiger partial charge in [-0.3, -0.25) is 0 Å². The summed E-state index contributed by atoms with van der Waals surface area (Å²) in [6.07, 6.45) is 0. The molecule has 0 bridgehead atoms. The van der Waals surface area contributed by atoms with E-state index in [1.165, 1.54) is 21.9 Å². The molecule has 1 unspecified atom stereocenters. The number of hydrogen-bond acceptors (Lipinski definition) is 3. The van der Waals surface area contributed by atoms with Crippen LogP contribution in [0.15, 0.2) is 24.3 Å². The Kier molecular flexibility index (Phi) is 6.96. The van der Waals surface area contributed by atoms with Gasteiger partial charge in [-0.25, -0.2) is 4.79 Å². The quantitative estimate of drug-likeness (QED) is 0.558. The summed E-state index contributed by atoms with van der Waals surface area (Å²) in [5, 5.41) is 17.3. The molecule has 3 N–H and O–H groups in total. The molecule has 0 radical (unpaired) electrons. The zero-order chi connectivity index (χ0) is 11.8. The summed E-state index contributed by atoms with van der Waals surface area (Å²) in [5.74, 6) is -1.31. The molecule has 7 heteroatoms. The van der Waals surface area contributed by atoms with E-state index in [0.29, 0.717) is 0 Å². The molecular weight excluding hydrogens is 244 g/mol. The van der Waals surface area contributed by atoms with Crippen molar-refractivity contribution in [3.8, 4) is 5.75 Å². The summed E-state index contributed by atoms with van der Waals surface area (Å²) in [6.45, 7) is 2.01. The Morgan fingerprint density at radius 2 is 1.93 bits per heavy atom.